The molecule has 0 N–H and O–H groups in total. The van der Waals surface area contributed by atoms with E-state index in [2.05, 4.69) is 169 Å². The number of nitrogens with zero attached hydrogens (tertiary/aromatic N) is 1. The van der Waals surface area contributed by atoms with Gasteiger partial charge in [-0.2, -0.15) is 0 Å². The molecule has 8 aromatic rings. The molecule has 0 spiro atoms. The third kappa shape index (κ3) is 4.43. The van der Waals surface area contributed by atoms with Crippen LogP contribution in [0.25, 0.3) is 52.3 Å². The Balaban J connectivity index is 1.32. The maximum absolute atomic E-state index is 2.39. The van der Waals surface area contributed by atoms with Gasteiger partial charge in [0.05, 0.1) is 0 Å². The van der Waals surface area contributed by atoms with Crippen molar-refractivity contribution in [2.45, 2.75) is 0 Å². The Morgan fingerprint density at radius 2 is 0.905 bits per heavy atom. The van der Waals surface area contributed by atoms with Crippen molar-refractivity contribution in [3.8, 4) is 22.3 Å². The van der Waals surface area contributed by atoms with E-state index in [4.69, 9.17) is 0 Å². The van der Waals surface area contributed by atoms with Crippen LogP contribution in [-0.2, 0) is 0 Å². The molecule has 42 heavy (non-hydrogen) atoms. The van der Waals surface area contributed by atoms with Gasteiger partial charge in [-0.05, 0) is 0 Å². The van der Waals surface area contributed by atoms with E-state index in [1.807, 2.05) is 0 Å². The van der Waals surface area contributed by atoms with Crippen LogP contribution in [-0.4, -0.2) is 14.5 Å². The van der Waals surface area contributed by atoms with Gasteiger partial charge in [-0.3, -0.25) is 0 Å². The summed E-state index contributed by atoms with van der Waals surface area (Å²) in [5.74, 6) is 0. The van der Waals surface area contributed by atoms with Gasteiger partial charge in [-0.1, -0.05) is 12.1 Å². The predicted octanol–water partition coefficient (Wildman–Crippen LogP) is 11.0. The molecule has 0 unspecified atom stereocenters. The first-order valence-corrected chi connectivity index (χ1v) is 16.0. The fourth-order valence-corrected chi connectivity index (χ4v) is 8.59. The molecule has 1 aromatic heterocycles. The average molecular weight is 601 g/mol. The zero-order valence-electron chi connectivity index (χ0n) is 22.9. The topological polar surface area (TPSA) is 3.24 Å². The first-order chi connectivity index (χ1) is 20.8. The van der Waals surface area contributed by atoms with Gasteiger partial charge in [0.15, 0.2) is 0 Å². The van der Waals surface area contributed by atoms with E-state index in [1.165, 1.54) is 52.3 Å². The summed E-state index contributed by atoms with van der Waals surface area (Å²) in [6, 6.07) is 59.5. The van der Waals surface area contributed by atoms with Crippen LogP contribution in [0, 0.1) is 0 Å². The molecule has 0 saturated carbocycles. The number of rotatable bonds is 5. The van der Waals surface area contributed by atoms with Crippen LogP contribution in [0.5, 0.6) is 0 Å². The van der Waals surface area contributed by atoms with Crippen LogP contribution in [0.4, 0.5) is 17.1 Å². The molecular formula is C40H27NSe. The molecule has 2 heteroatoms. The first kappa shape index (κ1) is 24.9. The summed E-state index contributed by atoms with van der Waals surface area (Å²) in [6.07, 6.45) is 0. The Kier molecular flexibility index (Phi) is 6.22. The van der Waals surface area contributed by atoms with E-state index in [1.54, 1.807) is 0 Å². The Labute approximate surface area is 251 Å². The van der Waals surface area contributed by atoms with Crippen molar-refractivity contribution in [2.24, 2.45) is 0 Å². The van der Waals surface area contributed by atoms with Crippen molar-refractivity contribution in [3.05, 3.63) is 164 Å². The summed E-state index contributed by atoms with van der Waals surface area (Å²) in [5, 5.41) is 5.44. The van der Waals surface area contributed by atoms with Gasteiger partial charge in [0, 0.05) is 0 Å². The second-order valence-corrected chi connectivity index (χ2v) is 12.8. The zero-order valence-corrected chi connectivity index (χ0v) is 24.7. The number of hydrogen-bond acceptors (Lipinski definition) is 1. The summed E-state index contributed by atoms with van der Waals surface area (Å²) in [4.78, 5) is 2.39. The van der Waals surface area contributed by atoms with Crippen molar-refractivity contribution >= 4 is 61.6 Å². The number of benzene rings is 7. The van der Waals surface area contributed by atoms with Crippen molar-refractivity contribution < 1.29 is 0 Å². The predicted molar refractivity (Wildman–Crippen MR) is 181 cm³/mol. The normalized spacial score (nSPS) is 11.3. The molecule has 7 aromatic carbocycles. The molecule has 0 aliphatic carbocycles. The van der Waals surface area contributed by atoms with Crippen LogP contribution in [0.15, 0.2) is 164 Å². The molecule has 0 aliphatic rings. The standard InChI is InChI=1S/C40H27NSe/c1-3-11-28(12-4-1)30-15-9-17-33(25-30)41(34-18-10-16-31(26-34)29-13-5-2-6-14-29)35-22-24-36-32(27-35)21-23-38-37-19-7-8-20-39(37)42-40(36)38/h1-27H. The van der Waals surface area contributed by atoms with Crippen LogP contribution in [0.3, 0.4) is 0 Å². The molecule has 198 valence electrons. The fourth-order valence-electron chi connectivity index (χ4n) is 6.00. The van der Waals surface area contributed by atoms with Gasteiger partial charge < -0.3 is 0 Å². The van der Waals surface area contributed by atoms with E-state index >= 15 is 0 Å². The minimum atomic E-state index is 0.320. The molecule has 0 aliphatic heterocycles. The minimum absolute atomic E-state index is 0.320. The monoisotopic (exact) mass is 601 g/mol. The summed E-state index contributed by atoms with van der Waals surface area (Å²) >= 11 is 0.320. The van der Waals surface area contributed by atoms with Crippen LogP contribution < -0.4 is 4.90 Å². The van der Waals surface area contributed by atoms with Crippen molar-refractivity contribution in [1.29, 1.82) is 0 Å². The third-order valence-electron chi connectivity index (χ3n) is 8.02. The van der Waals surface area contributed by atoms with Crippen LogP contribution in [0.2, 0.25) is 0 Å². The van der Waals surface area contributed by atoms with Gasteiger partial charge in [0.2, 0.25) is 0 Å². The van der Waals surface area contributed by atoms with E-state index in [9.17, 15) is 0 Å². The summed E-state index contributed by atoms with van der Waals surface area (Å²) in [7, 11) is 0. The zero-order chi connectivity index (χ0) is 27.9. The number of fused-ring (bicyclic) bond motifs is 5. The Bertz CT molecular complexity index is 2110. The summed E-state index contributed by atoms with van der Waals surface area (Å²) in [5.41, 5.74) is 8.27. The maximum atomic E-state index is 2.39. The van der Waals surface area contributed by atoms with Crippen LogP contribution >= 0.6 is 0 Å². The summed E-state index contributed by atoms with van der Waals surface area (Å²) < 4.78 is 2.98. The molecular weight excluding hydrogens is 573 g/mol. The fraction of sp³-hybridized carbons (Fsp3) is 0. The molecule has 0 atom stereocenters. The quantitative estimate of drug-likeness (QED) is 0.178. The Morgan fingerprint density at radius 3 is 1.57 bits per heavy atom. The van der Waals surface area contributed by atoms with Gasteiger partial charge in [0.25, 0.3) is 0 Å². The Hall–Kier alpha value is -4.88. The van der Waals surface area contributed by atoms with Crippen molar-refractivity contribution in [1.82, 2.24) is 0 Å². The van der Waals surface area contributed by atoms with Gasteiger partial charge in [0.1, 0.15) is 0 Å². The van der Waals surface area contributed by atoms with E-state index in [0.29, 0.717) is 14.5 Å². The molecule has 8 rings (SSSR count). The van der Waals surface area contributed by atoms with E-state index in [0.717, 1.165) is 17.1 Å². The van der Waals surface area contributed by atoms with Gasteiger partial charge in [-0.15, -0.1) is 0 Å². The molecule has 1 heterocycles. The van der Waals surface area contributed by atoms with E-state index < -0.39 is 0 Å². The Morgan fingerprint density at radius 1 is 0.357 bits per heavy atom. The first-order valence-electron chi connectivity index (χ1n) is 14.3. The van der Waals surface area contributed by atoms with Crippen molar-refractivity contribution in [2.75, 3.05) is 4.90 Å². The molecule has 0 fully saturated rings. The second kappa shape index (κ2) is 10.5. The molecule has 1 nitrogen and oxygen atoms in total. The van der Waals surface area contributed by atoms with E-state index in [-0.39, 0.29) is 0 Å². The van der Waals surface area contributed by atoms with Gasteiger partial charge in [-0.25, -0.2) is 0 Å². The SMILES string of the molecule is c1ccc(-c2cccc(N(c3cccc(-c4ccccc4)c3)c3ccc4c(ccc5c6ccccc6[se]c45)c3)c2)cc1. The average Bonchev–Trinajstić information content (AvgIpc) is 3.45. The molecule has 0 radical (unpaired) electrons. The van der Waals surface area contributed by atoms with Gasteiger partial charge >= 0.3 is 240 Å². The van der Waals surface area contributed by atoms with Crippen molar-refractivity contribution in [3.63, 3.8) is 0 Å². The molecule has 0 bridgehead atoms. The second-order valence-electron chi connectivity index (χ2n) is 10.6. The molecule has 0 saturated heterocycles. The van der Waals surface area contributed by atoms with Crippen LogP contribution in [0.1, 0.15) is 0 Å². The molecule has 0 amide bonds. The third-order valence-corrected chi connectivity index (χ3v) is 10.6. The number of hydrogen-bond donors (Lipinski definition) is 0. The number of anilines is 3. The summed E-state index contributed by atoms with van der Waals surface area (Å²) in [6.45, 7) is 0.